The van der Waals surface area contributed by atoms with Crippen LogP contribution in [0.2, 0.25) is 0 Å². The van der Waals surface area contributed by atoms with Crippen molar-refractivity contribution in [2.24, 2.45) is 5.41 Å². The van der Waals surface area contributed by atoms with Gasteiger partial charge in [-0.15, -0.1) is 10.2 Å². The van der Waals surface area contributed by atoms with Crippen molar-refractivity contribution in [3.05, 3.63) is 40.9 Å². The molecular formula is C17H23N3OS. The van der Waals surface area contributed by atoms with E-state index in [2.05, 4.69) is 43.2 Å². The fourth-order valence-corrected chi connectivity index (χ4v) is 3.23. The van der Waals surface area contributed by atoms with Crippen LogP contribution in [-0.2, 0) is 11.2 Å². The van der Waals surface area contributed by atoms with Gasteiger partial charge in [0, 0.05) is 12.8 Å². The molecule has 1 aromatic carbocycles. The lowest BCUT2D eigenvalue weighted by Crippen LogP contribution is -2.14. The minimum atomic E-state index is -0.0187. The molecule has 1 aromatic heterocycles. The van der Waals surface area contributed by atoms with E-state index >= 15 is 0 Å². The number of carbonyl (C=O) groups is 1. The van der Waals surface area contributed by atoms with E-state index in [0.29, 0.717) is 11.6 Å². The smallest absolute Gasteiger partial charge is 0.226 e. The molecule has 2 aromatic rings. The zero-order valence-corrected chi connectivity index (χ0v) is 14.4. The zero-order valence-electron chi connectivity index (χ0n) is 13.6. The average Bonchev–Trinajstić information content (AvgIpc) is 2.84. The van der Waals surface area contributed by atoms with Crippen molar-refractivity contribution in [1.82, 2.24) is 10.2 Å². The Morgan fingerprint density at radius 1 is 1.23 bits per heavy atom. The summed E-state index contributed by atoms with van der Waals surface area (Å²) in [6, 6.07) is 10.1. The van der Waals surface area contributed by atoms with E-state index in [-0.39, 0.29) is 17.2 Å². The summed E-state index contributed by atoms with van der Waals surface area (Å²) in [5.41, 5.74) is 1.34. The Kier molecular flexibility index (Phi) is 5.29. The van der Waals surface area contributed by atoms with Gasteiger partial charge in [0.1, 0.15) is 5.01 Å². The summed E-state index contributed by atoms with van der Waals surface area (Å²) in [6.07, 6.45) is 1.30. The molecule has 0 bridgehead atoms. The predicted molar refractivity (Wildman–Crippen MR) is 91.2 cm³/mol. The molecule has 0 spiro atoms. The van der Waals surface area contributed by atoms with Gasteiger partial charge in [0.2, 0.25) is 11.0 Å². The Hall–Kier alpha value is -1.75. The number of rotatable bonds is 5. The number of hydrogen-bond acceptors (Lipinski definition) is 4. The van der Waals surface area contributed by atoms with E-state index < -0.39 is 0 Å². The van der Waals surface area contributed by atoms with Crippen LogP contribution in [0.1, 0.15) is 50.6 Å². The molecule has 1 N–H and O–H groups in total. The highest BCUT2D eigenvalue weighted by molar-refractivity contribution is 7.15. The third kappa shape index (κ3) is 5.22. The second kappa shape index (κ2) is 7.01. The molecule has 22 heavy (non-hydrogen) atoms. The van der Waals surface area contributed by atoms with Gasteiger partial charge in [0.25, 0.3) is 0 Å². The van der Waals surface area contributed by atoms with Crippen LogP contribution in [0.25, 0.3) is 0 Å². The van der Waals surface area contributed by atoms with E-state index in [0.717, 1.165) is 11.4 Å². The van der Waals surface area contributed by atoms with Gasteiger partial charge in [-0.05, 0) is 16.9 Å². The van der Waals surface area contributed by atoms with Gasteiger partial charge < -0.3 is 5.32 Å². The SMILES string of the molecule is C[C@H](CC(=O)Nc1nnc(CC(C)(C)C)s1)c1ccccc1. The summed E-state index contributed by atoms with van der Waals surface area (Å²) in [5, 5.41) is 12.6. The summed E-state index contributed by atoms with van der Waals surface area (Å²) in [4.78, 5) is 12.1. The third-order valence-corrected chi connectivity index (χ3v) is 4.09. The molecule has 0 radical (unpaired) electrons. The lowest BCUT2D eigenvalue weighted by Gasteiger charge is -2.14. The Balaban J connectivity index is 1.90. The number of benzene rings is 1. The Labute approximate surface area is 136 Å². The monoisotopic (exact) mass is 317 g/mol. The number of amides is 1. The summed E-state index contributed by atoms with van der Waals surface area (Å²) in [5.74, 6) is 0.165. The summed E-state index contributed by atoms with van der Waals surface area (Å²) in [6.45, 7) is 8.54. The summed E-state index contributed by atoms with van der Waals surface area (Å²) in [7, 11) is 0. The molecule has 0 aliphatic rings. The predicted octanol–water partition coefficient (Wildman–Crippen LogP) is 4.26. The normalized spacial score (nSPS) is 12.9. The van der Waals surface area contributed by atoms with Crippen LogP contribution in [-0.4, -0.2) is 16.1 Å². The highest BCUT2D eigenvalue weighted by Crippen LogP contribution is 2.25. The highest BCUT2D eigenvalue weighted by atomic mass is 32.1. The fraction of sp³-hybridized carbons (Fsp3) is 0.471. The molecule has 1 amide bonds. The van der Waals surface area contributed by atoms with Gasteiger partial charge in [-0.25, -0.2) is 0 Å². The van der Waals surface area contributed by atoms with E-state index in [1.54, 1.807) is 0 Å². The van der Waals surface area contributed by atoms with Crippen LogP contribution in [0, 0.1) is 5.41 Å². The van der Waals surface area contributed by atoms with E-state index in [4.69, 9.17) is 0 Å². The van der Waals surface area contributed by atoms with Crippen LogP contribution in [0.3, 0.4) is 0 Å². The van der Waals surface area contributed by atoms with Gasteiger partial charge >= 0.3 is 0 Å². The number of nitrogens with one attached hydrogen (secondary N) is 1. The van der Waals surface area contributed by atoms with E-state index in [9.17, 15) is 4.79 Å². The number of anilines is 1. The van der Waals surface area contributed by atoms with Gasteiger partial charge in [0.05, 0.1) is 0 Å². The van der Waals surface area contributed by atoms with E-state index in [1.807, 2.05) is 30.3 Å². The third-order valence-electron chi connectivity index (χ3n) is 3.25. The van der Waals surface area contributed by atoms with Crippen LogP contribution in [0.15, 0.2) is 30.3 Å². The molecule has 0 unspecified atom stereocenters. The molecule has 0 aliphatic carbocycles. The van der Waals surface area contributed by atoms with Gasteiger partial charge in [-0.2, -0.15) is 0 Å². The standard InChI is InChI=1S/C17H23N3OS/c1-12(13-8-6-5-7-9-13)10-14(21)18-16-20-19-15(22-16)11-17(2,3)4/h5-9,12H,10-11H2,1-4H3,(H,18,20,21)/t12-/m1/s1. The first-order valence-corrected chi connectivity index (χ1v) is 8.32. The molecular weight excluding hydrogens is 294 g/mol. The van der Waals surface area contributed by atoms with Crippen molar-refractivity contribution in [2.75, 3.05) is 5.32 Å². The lowest BCUT2D eigenvalue weighted by molar-refractivity contribution is -0.116. The highest BCUT2D eigenvalue weighted by Gasteiger charge is 2.17. The molecule has 2 rings (SSSR count). The van der Waals surface area contributed by atoms with Crippen molar-refractivity contribution < 1.29 is 4.79 Å². The number of aromatic nitrogens is 2. The van der Waals surface area contributed by atoms with Gasteiger partial charge in [0.15, 0.2) is 0 Å². The first-order valence-electron chi connectivity index (χ1n) is 7.51. The number of hydrogen-bond donors (Lipinski definition) is 1. The average molecular weight is 317 g/mol. The van der Waals surface area contributed by atoms with Crippen molar-refractivity contribution >= 4 is 22.4 Å². The zero-order chi connectivity index (χ0) is 16.2. The molecule has 1 heterocycles. The molecule has 0 saturated carbocycles. The Morgan fingerprint density at radius 2 is 1.91 bits per heavy atom. The van der Waals surface area contributed by atoms with Crippen LogP contribution in [0.4, 0.5) is 5.13 Å². The minimum Gasteiger partial charge on any atom is -0.301 e. The maximum Gasteiger partial charge on any atom is 0.226 e. The van der Waals surface area contributed by atoms with Crippen LogP contribution >= 0.6 is 11.3 Å². The number of carbonyl (C=O) groups excluding carboxylic acids is 1. The van der Waals surface area contributed by atoms with Crippen molar-refractivity contribution in [3.63, 3.8) is 0 Å². The summed E-state index contributed by atoms with van der Waals surface area (Å²) < 4.78 is 0. The second-order valence-corrected chi connectivity index (χ2v) is 7.86. The molecule has 0 aliphatic heterocycles. The first-order chi connectivity index (χ1) is 10.3. The maximum atomic E-state index is 12.1. The minimum absolute atomic E-state index is 0.0187. The van der Waals surface area contributed by atoms with Crippen molar-refractivity contribution in [1.29, 1.82) is 0 Å². The van der Waals surface area contributed by atoms with Gasteiger partial charge in [-0.1, -0.05) is 69.4 Å². The lowest BCUT2D eigenvalue weighted by atomic mass is 9.93. The van der Waals surface area contributed by atoms with Crippen molar-refractivity contribution in [2.45, 2.75) is 46.5 Å². The fourth-order valence-electron chi connectivity index (χ4n) is 2.18. The Bertz CT molecular complexity index is 616. The molecule has 0 fully saturated rings. The molecule has 4 nitrogen and oxygen atoms in total. The molecule has 0 saturated heterocycles. The van der Waals surface area contributed by atoms with E-state index in [1.165, 1.54) is 16.9 Å². The summed E-state index contributed by atoms with van der Waals surface area (Å²) >= 11 is 1.46. The topological polar surface area (TPSA) is 54.9 Å². The van der Waals surface area contributed by atoms with Crippen LogP contribution in [0.5, 0.6) is 0 Å². The Morgan fingerprint density at radius 3 is 2.55 bits per heavy atom. The molecule has 118 valence electrons. The number of nitrogens with zero attached hydrogens (tertiary/aromatic N) is 2. The first kappa shape index (κ1) is 16.6. The largest absolute Gasteiger partial charge is 0.301 e. The molecule has 1 atom stereocenters. The van der Waals surface area contributed by atoms with Crippen molar-refractivity contribution in [3.8, 4) is 0 Å². The second-order valence-electron chi connectivity index (χ2n) is 6.80. The maximum absolute atomic E-state index is 12.1. The van der Waals surface area contributed by atoms with Crippen LogP contribution < -0.4 is 5.32 Å². The van der Waals surface area contributed by atoms with Gasteiger partial charge in [-0.3, -0.25) is 4.79 Å². The molecule has 5 heteroatoms. The quantitative estimate of drug-likeness (QED) is 0.896.